The summed E-state index contributed by atoms with van der Waals surface area (Å²) < 4.78 is 51.1. The Bertz CT molecular complexity index is 1310. The van der Waals surface area contributed by atoms with Crippen LogP contribution < -0.4 is 20.9 Å². The van der Waals surface area contributed by atoms with Crippen molar-refractivity contribution < 1.29 is 37.4 Å². The number of para-hydroxylation sites is 1. The number of hydrogen-bond acceptors (Lipinski definition) is 9. The van der Waals surface area contributed by atoms with E-state index in [1.165, 1.54) is 13.8 Å². The van der Waals surface area contributed by atoms with Crippen LogP contribution in [0.25, 0.3) is 0 Å². The zero-order valence-electron chi connectivity index (χ0n) is 21.7. The summed E-state index contributed by atoms with van der Waals surface area (Å²) in [5, 5.41) is 13.2. The van der Waals surface area contributed by atoms with Crippen LogP contribution >= 0.6 is 7.75 Å². The molecule has 1 aromatic heterocycles. The summed E-state index contributed by atoms with van der Waals surface area (Å²) in [5.41, 5.74) is -3.65. The molecule has 14 heteroatoms. The van der Waals surface area contributed by atoms with E-state index in [1.54, 1.807) is 30.3 Å². The molecular formula is C25H33FN3O9P. The minimum absolute atomic E-state index is 0.159. The van der Waals surface area contributed by atoms with E-state index >= 15 is 0 Å². The van der Waals surface area contributed by atoms with Gasteiger partial charge in [-0.2, -0.15) is 9.48 Å². The van der Waals surface area contributed by atoms with Crippen molar-refractivity contribution in [2.24, 2.45) is 0 Å². The van der Waals surface area contributed by atoms with Gasteiger partial charge in [-0.05, 0) is 51.7 Å². The van der Waals surface area contributed by atoms with Crippen LogP contribution in [-0.2, 0) is 29.1 Å². The van der Waals surface area contributed by atoms with Crippen molar-refractivity contribution in [2.75, 3.05) is 6.61 Å². The van der Waals surface area contributed by atoms with Gasteiger partial charge in [-0.1, -0.05) is 24.6 Å². The van der Waals surface area contributed by atoms with Crippen molar-refractivity contribution >= 4 is 13.7 Å². The van der Waals surface area contributed by atoms with E-state index in [2.05, 4.69) is 5.09 Å². The quantitative estimate of drug-likeness (QED) is 0.287. The Hall–Kier alpha value is -2.83. The van der Waals surface area contributed by atoms with Crippen LogP contribution in [0.4, 0.5) is 4.39 Å². The first kappa shape index (κ1) is 29.2. The Balaban J connectivity index is 1.47. The highest BCUT2D eigenvalue weighted by atomic mass is 31.2. The average Bonchev–Trinajstić information content (AvgIpc) is 3.20. The summed E-state index contributed by atoms with van der Waals surface area (Å²) >= 11 is 0. The second-order valence-electron chi connectivity index (χ2n) is 9.95. The predicted molar refractivity (Wildman–Crippen MR) is 137 cm³/mol. The van der Waals surface area contributed by atoms with Crippen LogP contribution in [-0.4, -0.2) is 51.6 Å². The molecule has 2 aliphatic rings. The number of nitrogens with one attached hydrogen (secondary N) is 2. The Morgan fingerprint density at radius 3 is 2.67 bits per heavy atom. The topological polar surface area (TPSA) is 158 Å². The summed E-state index contributed by atoms with van der Waals surface area (Å²) in [5.74, 6) is -1.60. The summed E-state index contributed by atoms with van der Waals surface area (Å²) in [4.78, 5) is 38.2. The number of aliphatic hydroxyl groups excluding tert-OH is 1. The van der Waals surface area contributed by atoms with E-state index in [0.717, 1.165) is 36.7 Å². The molecule has 2 fully saturated rings. The molecule has 5 atom stereocenters. The lowest BCUT2D eigenvalue weighted by atomic mass is 9.98. The highest BCUT2D eigenvalue weighted by Crippen LogP contribution is 2.46. The lowest BCUT2D eigenvalue weighted by molar-refractivity contribution is -0.152. The first-order chi connectivity index (χ1) is 18.5. The molecule has 1 aliphatic heterocycles. The van der Waals surface area contributed by atoms with E-state index in [0.29, 0.717) is 6.20 Å². The number of aromatic nitrogens is 2. The molecule has 1 saturated heterocycles. The van der Waals surface area contributed by atoms with Crippen molar-refractivity contribution in [3.63, 3.8) is 0 Å². The molecule has 1 aromatic carbocycles. The van der Waals surface area contributed by atoms with Gasteiger partial charge in [0.2, 0.25) is 5.82 Å². The van der Waals surface area contributed by atoms with Gasteiger partial charge >= 0.3 is 19.4 Å². The summed E-state index contributed by atoms with van der Waals surface area (Å²) in [6.45, 7) is 2.43. The van der Waals surface area contributed by atoms with Crippen LogP contribution in [0.2, 0.25) is 0 Å². The van der Waals surface area contributed by atoms with Gasteiger partial charge in [-0.25, -0.2) is 9.36 Å². The lowest BCUT2D eigenvalue weighted by Gasteiger charge is -2.28. The number of rotatable bonds is 10. The molecule has 2 heterocycles. The van der Waals surface area contributed by atoms with Gasteiger partial charge in [-0.15, -0.1) is 0 Å². The van der Waals surface area contributed by atoms with E-state index < -0.39 is 61.4 Å². The number of aliphatic hydroxyl groups is 1. The zero-order valence-corrected chi connectivity index (χ0v) is 22.6. The van der Waals surface area contributed by atoms with Gasteiger partial charge in [0.1, 0.15) is 29.7 Å². The monoisotopic (exact) mass is 569 g/mol. The Labute approximate surface area is 224 Å². The zero-order chi connectivity index (χ0) is 28.2. The molecule has 12 nitrogen and oxygen atoms in total. The fraction of sp³-hybridized carbons (Fsp3) is 0.560. The number of H-pyrrole nitrogens is 1. The van der Waals surface area contributed by atoms with E-state index in [4.69, 9.17) is 18.5 Å². The number of halogens is 1. The number of ether oxygens (including phenoxy) is 2. The van der Waals surface area contributed by atoms with Crippen LogP contribution in [0.5, 0.6) is 5.75 Å². The molecule has 1 aliphatic carbocycles. The molecular weight excluding hydrogens is 536 g/mol. The smallest absolute Gasteiger partial charge is 0.459 e. The van der Waals surface area contributed by atoms with Gasteiger partial charge in [0.05, 0.1) is 18.9 Å². The molecule has 214 valence electrons. The Kier molecular flexibility index (Phi) is 9.07. The third-order valence-electron chi connectivity index (χ3n) is 6.75. The number of carbonyl (C=O) groups is 1. The molecule has 2 unspecified atom stereocenters. The maximum Gasteiger partial charge on any atom is 0.459 e. The van der Waals surface area contributed by atoms with E-state index in [-0.39, 0.29) is 18.3 Å². The summed E-state index contributed by atoms with van der Waals surface area (Å²) in [6.07, 6.45) is 2.58. The summed E-state index contributed by atoms with van der Waals surface area (Å²) in [7, 11) is -4.24. The van der Waals surface area contributed by atoms with Crippen molar-refractivity contribution in [2.45, 2.75) is 82.5 Å². The molecule has 3 N–H and O–H groups in total. The molecule has 1 saturated carbocycles. The Morgan fingerprint density at radius 2 is 1.97 bits per heavy atom. The molecule has 4 rings (SSSR count). The van der Waals surface area contributed by atoms with Crippen LogP contribution in [0.15, 0.2) is 46.1 Å². The standard InChI is InChI=1S/C25H33FN3O9P/c1-16(23(32)36-17-9-5-3-6-10-17)28-39(34,38-18-11-7-4-8-12-18)35-15-21-20(30)13-25(2,37-21)29-14-19(26)22(31)27-24(29)33/h4,7-8,11-12,14,16-17,20-21,30H,3,5-6,9-10,13,15H2,1-2H3,(H,28,34)(H,27,31,33)/t16-,20?,21+,25+,39?/m0/s1. The molecule has 0 spiro atoms. The SMILES string of the molecule is C[C@H](NP(=O)(OC[C@H]1O[C@@](C)(n2cc(F)c(=O)[nH]c2=O)CC1O)Oc1ccccc1)C(=O)OC1CCCCC1. The maximum atomic E-state index is 13.9. The van der Waals surface area contributed by atoms with Gasteiger partial charge < -0.3 is 19.1 Å². The van der Waals surface area contributed by atoms with Crippen LogP contribution in [0.1, 0.15) is 52.4 Å². The number of carbonyl (C=O) groups excluding carboxylic acids is 1. The maximum absolute atomic E-state index is 13.9. The fourth-order valence-electron chi connectivity index (χ4n) is 4.69. The van der Waals surface area contributed by atoms with Crippen molar-refractivity contribution in [3.8, 4) is 5.75 Å². The second-order valence-corrected chi connectivity index (χ2v) is 11.6. The minimum atomic E-state index is -4.24. The third-order valence-corrected chi connectivity index (χ3v) is 8.39. The number of hydrogen-bond donors (Lipinski definition) is 3. The predicted octanol–water partition coefficient (Wildman–Crippen LogP) is 2.56. The summed E-state index contributed by atoms with van der Waals surface area (Å²) in [6, 6.07) is 7.12. The van der Waals surface area contributed by atoms with Crippen molar-refractivity contribution in [1.29, 1.82) is 0 Å². The van der Waals surface area contributed by atoms with Crippen LogP contribution in [0, 0.1) is 5.82 Å². The highest BCUT2D eigenvalue weighted by molar-refractivity contribution is 7.52. The first-order valence-corrected chi connectivity index (χ1v) is 14.4. The van der Waals surface area contributed by atoms with Gasteiger partial charge in [0.15, 0.2) is 0 Å². The Morgan fingerprint density at radius 1 is 1.28 bits per heavy atom. The van der Waals surface area contributed by atoms with Crippen molar-refractivity contribution in [1.82, 2.24) is 14.6 Å². The molecule has 0 radical (unpaired) electrons. The largest absolute Gasteiger partial charge is 0.461 e. The lowest BCUT2D eigenvalue weighted by Crippen LogP contribution is -2.43. The van der Waals surface area contributed by atoms with Gasteiger partial charge in [0.25, 0.3) is 5.56 Å². The first-order valence-electron chi connectivity index (χ1n) is 12.8. The fourth-order valence-corrected chi connectivity index (χ4v) is 6.19. The average molecular weight is 570 g/mol. The second kappa shape index (κ2) is 12.1. The highest BCUT2D eigenvalue weighted by Gasteiger charge is 2.46. The molecule has 2 aromatic rings. The molecule has 0 amide bonds. The third kappa shape index (κ3) is 7.23. The number of esters is 1. The van der Waals surface area contributed by atoms with Gasteiger partial charge in [0, 0.05) is 6.42 Å². The minimum Gasteiger partial charge on any atom is -0.461 e. The number of nitrogens with zero attached hydrogens (tertiary/aromatic N) is 1. The van der Waals surface area contributed by atoms with E-state index in [1.807, 2.05) is 4.98 Å². The van der Waals surface area contributed by atoms with Crippen LogP contribution in [0.3, 0.4) is 0 Å². The molecule has 39 heavy (non-hydrogen) atoms. The molecule has 0 bridgehead atoms. The normalized spacial score (nSPS) is 26.1. The van der Waals surface area contributed by atoms with Crippen molar-refractivity contribution in [3.05, 3.63) is 63.2 Å². The van der Waals surface area contributed by atoms with Gasteiger partial charge in [-0.3, -0.25) is 23.7 Å². The van der Waals surface area contributed by atoms with E-state index in [9.17, 15) is 28.4 Å². The number of benzene rings is 1. The number of aromatic amines is 1.